The zero-order valence-electron chi connectivity index (χ0n) is 11.5. The number of ether oxygens (including phenoxy) is 2. The molecule has 0 heterocycles. The molecule has 20 heavy (non-hydrogen) atoms. The highest BCUT2D eigenvalue weighted by atomic mass is 16.6. The van der Waals surface area contributed by atoms with Gasteiger partial charge in [-0.05, 0) is 13.8 Å². The Balaban J connectivity index is 4.15. The van der Waals surface area contributed by atoms with Crippen LogP contribution in [-0.4, -0.2) is 58.8 Å². The summed E-state index contributed by atoms with van der Waals surface area (Å²) in [5.41, 5.74) is 0.146. The minimum Gasteiger partial charge on any atom is -0.460 e. The molecule has 0 aliphatic heterocycles. The van der Waals surface area contributed by atoms with Gasteiger partial charge in [-0.2, -0.15) is 0 Å². The summed E-state index contributed by atoms with van der Waals surface area (Å²) in [5, 5.41) is 28.6. The van der Waals surface area contributed by atoms with Gasteiger partial charge < -0.3 is 24.8 Å². The van der Waals surface area contributed by atoms with Crippen molar-refractivity contribution in [3.63, 3.8) is 0 Å². The van der Waals surface area contributed by atoms with E-state index in [9.17, 15) is 24.9 Å². The molecule has 0 saturated heterocycles. The highest BCUT2D eigenvalue weighted by Gasteiger charge is 2.26. The average Bonchev–Trinajstić information content (AvgIpc) is 2.40. The molecular weight excluding hydrogens is 268 g/mol. The van der Waals surface area contributed by atoms with Crippen molar-refractivity contribution in [2.45, 2.75) is 32.2 Å². The first-order valence-electron chi connectivity index (χ1n) is 5.95. The topological polar surface area (TPSA) is 113 Å². The molecule has 0 aromatic heterocycles. The van der Waals surface area contributed by atoms with E-state index in [2.05, 4.69) is 16.1 Å². The zero-order chi connectivity index (χ0) is 15.7. The Labute approximate surface area is 117 Å². The number of hydrogen-bond donors (Lipinski definition) is 3. The maximum Gasteiger partial charge on any atom is 0.333 e. The first kappa shape index (κ1) is 18.3. The third-order valence-corrected chi connectivity index (χ3v) is 2.22. The molecule has 0 spiro atoms. The van der Waals surface area contributed by atoms with Crippen molar-refractivity contribution in [2.75, 3.05) is 13.2 Å². The lowest BCUT2D eigenvalue weighted by Gasteiger charge is -2.22. The number of aliphatic hydroxyl groups excluding tert-OH is 3. The van der Waals surface area contributed by atoms with Gasteiger partial charge in [0.25, 0.3) is 0 Å². The van der Waals surface area contributed by atoms with Gasteiger partial charge in [-0.3, -0.25) is 0 Å². The summed E-state index contributed by atoms with van der Waals surface area (Å²) in [6.45, 7) is 5.40. The van der Waals surface area contributed by atoms with E-state index in [0.29, 0.717) is 0 Å². The summed E-state index contributed by atoms with van der Waals surface area (Å²) in [7, 11) is 0. The Bertz CT molecular complexity index is 375. The van der Waals surface area contributed by atoms with Crippen LogP contribution in [0.4, 0.5) is 0 Å². The molecule has 3 N–H and O–H groups in total. The maximum atomic E-state index is 11.1. The summed E-state index contributed by atoms with van der Waals surface area (Å²) < 4.78 is 9.23. The van der Waals surface area contributed by atoms with Crippen LogP contribution in [0.15, 0.2) is 24.3 Å². The monoisotopic (exact) mass is 288 g/mol. The molecule has 0 aromatic carbocycles. The normalized spacial score (nSPS) is 15.4. The standard InChI is InChI=1S/C13H20O7/c1-4-5-11(16)19-6-9(14)12(17)10(15)7-20-13(18)8(2)3/h4-5,9-10,12,14-15,17H,2,6-7H2,1,3H3. The van der Waals surface area contributed by atoms with Gasteiger partial charge in [0.15, 0.2) is 0 Å². The molecule has 0 fully saturated rings. The quantitative estimate of drug-likeness (QED) is 0.400. The fourth-order valence-electron chi connectivity index (χ4n) is 1.09. The highest BCUT2D eigenvalue weighted by Crippen LogP contribution is 2.04. The first-order valence-corrected chi connectivity index (χ1v) is 5.95. The molecule has 0 aliphatic carbocycles. The molecule has 0 amide bonds. The van der Waals surface area contributed by atoms with E-state index in [1.807, 2.05) is 0 Å². The number of carbonyl (C=O) groups excluding carboxylic acids is 2. The van der Waals surface area contributed by atoms with Crippen molar-refractivity contribution in [3.8, 4) is 0 Å². The van der Waals surface area contributed by atoms with Gasteiger partial charge in [-0.15, -0.1) is 0 Å². The van der Waals surface area contributed by atoms with E-state index in [0.717, 1.165) is 6.08 Å². The van der Waals surface area contributed by atoms with Crippen molar-refractivity contribution in [2.24, 2.45) is 0 Å². The maximum absolute atomic E-state index is 11.1. The smallest absolute Gasteiger partial charge is 0.333 e. The molecule has 7 heteroatoms. The van der Waals surface area contributed by atoms with Crippen LogP contribution in [0.1, 0.15) is 13.8 Å². The van der Waals surface area contributed by atoms with E-state index < -0.39 is 43.5 Å². The molecule has 0 bridgehead atoms. The van der Waals surface area contributed by atoms with Crippen LogP contribution in [0.25, 0.3) is 0 Å². The number of aliphatic hydroxyl groups is 3. The number of hydrogen-bond acceptors (Lipinski definition) is 7. The SMILES string of the molecule is C=C(C)C(=O)OCC(O)C(O)C(O)COC(=O)C=CC. The van der Waals surface area contributed by atoms with Gasteiger partial charge in [0.1, 0.15) is 31.5 Å². The summed E-state index contributed by atoms with van der Waals surface area (Å²) in [5.74, 6) is -1.40. The van der Waals surface area contributed by atoms with E-state index in [1.165, 1.54) is 13.0 Å². The second kappa shape index (κ2) is 9.24. The molecule has 7 nitrogen and oxygen atoms in total. The van der Waals surface area contributed by atoms with Crippen molar-refractivity contribution in [3.05, 3.63) is 24.3 Å². The number of allylic oxidation sites excluding steroid dienone is 1. The van der Waals surface area contributed by atoms with Crippen LogP contribution in [0.2, 0.25) is 0 Å². The Morgan fingerprint density at radius 3 is 2.10 bits per heavy atom. The first-order chi connectivity index (χ1) is 9.29. The van der Waals surface area contributed by atoms with Crippen LogP contribution in [0, 0.1) is 0 Å². The van der Waals surface area contributed by atoms with E-state index in [1.54, 1.807) is 6.92 Å². The number of esters is 2. The second-order valence-electron chi connectivity index (χ2n) is 4.13. The van der Waals surface area contributed by atoms with E-state index in [4.69, 9.17) is 0 Å². The molecule has 114 valence electrons. The lowest BCUT2D eigenvalue weighted by molar-refractivity contribution is -0.152. The predicted molar refractivity (Wildman–Crippen MR) is 69.6 cm³/mol. The van der Waals surface area contributed by atoms with Gasteiger partial charge in [0.2, 0.25) is 0 Å². The Kier molecular flexibility index (Phi) is 8.46. The van der Waals surface area contributed by atoms with Crippen molar-refractivity contribution in [1.82, 2.24) is 0 Å². The second-order valence-corrected chi connectivity index (χ2v) is 4.13. The molecule has 3 atom stereocenters. The highest BCUT2D eigenvalue weighted by molar-refractivity contribution is 5.86. The third-order valence-electron chi connectivity index (χ3n) is 2.22. The number of rotatable bonds is 8. The molecule has 0 aromatic rings. The predicted octanol–water partition coefficient (Wildman–Crippen LogP) is -0.692. The lowest BCUT2D eigenvalue weighted by Crippen LogP contribution is -2.43. The van der Waals surface area contributed by atoms with Crippen molar-refractivity contribution >= 4 is 11.9 Å². The van der Waals surface area contributed by atoms with Crippen molar-refractivity contribution in [1.29, 1.82) is 0 Å². The van der Waals surface area contributed by atoms with Gasteiger partial charge in [-0.25, -0.2) is 9.59 Å². The van der Waals surface area contributed by atoms with Crippen LogP contribution in [-0.2, 0) is 19.1 Å². The summed E-state index contributed by atoms with van der Waals surface area (Å²) in [6.07, 6.45) is -2.02. The molecule has 0 saturated carbocycles. The Hall–Kier alpha value is -1.70. The minimum absolute atomic E-state index is 0.146. The van der Waals surface area contributed by atoms with Gasteiger partial charge in [0.05, 0.1) is 0 Å². The summed E-state index contributed by atoms with van der Waals surface area (Å²) in [6, 6.07) is 0. The van der Waals surface area contributed by atoms with E-state index in [-0.39, 0.29) is 5.57 Å². The van der Waals surface area contributed by atoms with Crippen LogP contribution < -0.4 is 0 Å². The average molecular weight is 288 g/mol. The van der Waals surface area contributed by atoms with Gasteiger partial charge >= 0.3 is 11.9 Å². The molecular formula is C13H20O7. The van der Waals surface area contributed by atoms with Gasteiger partial charge in [-0.1, -0.05) is 12.7 Å². The zero-order valence-corrected chi connectivity index (χ0v) is 11.5. The Morgan fingerprint density at radius 2 is 1.65 bits per heavy atom. The molecule has 0 rings (SSSR count). The van der Waals surface area contributed by atoms with E-state index >= 15 is 0 Å². The fraction of sp³-hybridized carbons (Fsp3) is 0.538. The Morgan fingerprint density at radius 1 is 1.15 bits per heavy atom. The fourth-order valence-corrected chi connectivity index (χ4v) is 1.09. The third kappa shape index (κ3) is 7.03. The minimum atomic E-state index is -1.62. The summed E-state index contributed by atoms with van der Waals surface area (Å²) in [4.78, 5) is 22.1. The summed E-state index contributed by atoms with van der Waals surface area (Å²) >= 11 is 0. The largest absolute Gasteiger partial charge is 0.460 e. The van der Waals surface area contributed by atoms with Gasteiger partial charge in [0, 0.05) is 11.6 Å². The number of carbonyl (C=O) groups is 2. The molecule has 3 unspecified atom stereocenters. The van der Waals surface area contributed by atoms with Crippen molar-refractivity contribution < 1.29 is 34.4 Å². The van der Waals surface area contributed by atoms with Crippen LogP contribution in [0.5, 0.6) is 0 Å². The van der Waals surface area contributed by atoms with Crippen LogP contribution >= 0.6 is 0 Å². The molecule has 0 radical (unpaired) electrons. The molecule has 0 aliphatic rings. The lowest BCUT2D eigenvalue weighted by atomic mass is 10.1. The van der Waals surface area contributed by atoms with Crippen LogP contribution in [0.3, 0.4) is 0 Å².